The van der Waals surface area contributed by atoms with Crippen LogP contribution in [0.15, 0.2) is 72.8 Å². The molecule has 4 rings (SSSR count). The average Bonchev–Trinajstić information content (AvgIpc) is 2.98. The van der Waals surface area contributed by atoms with E-state index in [1.54, 1.807) is 18.2 Å². The first-order chi connectivity index (χ1) is 14.3. The smallest absolute Gasteiger partial charge is 0.324 e. The van der Waals surface area contributed by atoms with Crippen LogP contribution >= 0.6 is 0 Å². The van der Waals surface area contributed by atoms with E-state index in [9.17, 15) is 27.6 Å². The summed E-state index contributed by atoms with van der Waals surface area (Å²) in [4.78, 5) is 42.5. The minimum absolute atomic E-state index is 0.00573. The van der Waals surface area contributed by atoms with Crippen molar-refractivity contribution in [3.63, 3.8) is 0 Å². The van der Waals surface area contributed by atoms with Gasteiger partial charge in [-0.25, -0.2) is 4.79 Å². The van der Waals surface area contributed by atoms with E-state index >= 15 is 0 Å². The summed E-state index contributed by atoms with van der Waals surface area (Å²) < 4.78 is 38.4. The fourth-order valence-corrected chi connectivity index (χ4v) is 3.13. The summed E-state index contributed by atoms with van der Waals surface area (Å²) in [5.41, 5.74) is 0.0505. The summed E-state index contributed by atoms with van der Waals surface area (Å²) >= 11 is 0. The number of amides is 2. The molecule has 3 aromatic carbocycles. The largest absolute Gasteiger partial charge is 0.416 e. The number of benzene rings is 3. The molecular weight excluding hydrogens is 399 g/mol. The second-order valence-electron chi connectivity index (χ2n) is 6.45. The third-order valence-corrected chi connectivity index (χ3v) is 4.60. The van der Waals surface area contributed by atoms with Gasteiger partial charge in [-0.1, -0.05) is 47.5 Å². The predicted octanol–water partition coefficient (Wildman–Crippen LogP) is 4.74. The first-order valence-electron chi connectivity index (χ1n) is 8.74. The van der Waals surface area contributed by atoms with Crippen molar-refractivity contribution < 1.29 is 32.4 Å². The third kappa shape index (κ3) is 3.32. The van der Waals surface area contributed by atoms with Crippen molar-refractivity contribution in [2.24, 2.45) is 0 Å². The van der Waals surface area contributed by atoms with Crippen molar-refractivity contribution in [1.82, 2.24) is 5.06 Å². The highest BCUT2D eigenvalue weighted by Crippen LogP contribution is 2.32. The normalized spacial score (nSPS) is 13.4. The molecule has 0 saturated heterocycles. The van der Waals surface area contributed by atoms with Crippen molar-refractivity contribution in [2.75, 3.05) is 0 Å². The van der Waals surface area contributed by atoms with E-state index in [0.29, 0.717) is 16.2 Å². The van der Waals surface area contributed by atoms with Crippen molar-refractivity contribution in [3.8, 4) is 11.1 Å². The fourth-order valence-electron chi connectivity index (χ4n) is 3.13. The maximum absolute atomic E-state index is 12.8. The van der Waals surface area contributed by atoms with Gasteiger partial charge in [0.25, 0.3) is 11.8 Å². The Morgan fingerprint density at radius 1 is 0.733 bits per heavy atom. The first kappa shape index (κ1) is 19.4. The number of hydroxylamine groups is 2. The maximum atomic E-state index is 12.8. The molecule has 0 unspecified atom stereocenters. The number of hydrogen-bond donors (Lipinski definition) is 0. The quantitative estimate of drug-likeness (QED) is 0.584. The molecule has 2 amide bonds. The summed E-state index contributed by atoms with van der Waals surface area (Å²) in [5, 5.41) is 0.385. The first-order valence-corrected chi connectivity index (χ1v) is 8.74. The lowest BCUT2D eigenvalue weighted by Gasteiger charge is -2.15. The SMILES string of the molecule is O=C(ON1C(=O)c2ccccc2C1=O)c1ccccc1-c1ccc(C(F)(F)F)cc1. The Bertz CT molecular complexity index is 1130. The minimum atomic E-state index is -4.48. The monoisotopic (exact) mass is 411 g/mol. The van der Waals surface area contributed by atoms with Crippen LogP contribution in [0.4, 0.5) is 13.2 Å². The van der Waals surface area contributed by atoms with E-state index in [-0.39, 0.29) is 16.7 Å². The zero-order chi connectivity index (χ0) is 21.5. The molecule has 0 saturated carbocycles. The van der Waals surface area contributed by atoms with Gasteiger partial charge in [0.05, 0.1) is 22.3 Å². The van der Waals surface area contributed by atoms with E-state index in [4.69, 9.17) is 4.84 Å². The lowest BCUT2D eigenvalue weighted by Crippen LogP contribution is -2.32. The summed E-state index contributed by atoms with van der Waals surface area (Å²) in [6.07, 6.45) is -4.48. The van der Waals surface area contributed by atoms with Crippen LogP contribution in [0.5, 0.6) is 0 Å². The second-order valence-corrected chi connectivity index (χ2v) is 6.45. The van der Waals surface area contributed by atoms with Gasteiger partial charge in [0.2, 0.25) is 0 Å². The molecule has 0 radical (unpaired) electrons. The van der Waals surface area contributed by atoms with Gasteiger partial charge >= 0.3 is 12.1 Å². The zero-order valence-corrected chi connectivity index (χ0v) is 15.1. The van der Waals surface area contributed by atoms with Gasteiger partial charge < -0.3 is 4.84 Å². The minimum Gasteiger partial charge on any atom is -0.324 e. The van der Waals surface area contributed by atoms with Gasteiger partial charge in [0, 0.05) is 0 Å². The maximum Gasteiger partial charge on any atom is 0.416 e. The molecule has 150 valence electrons. The molecule has 5 nitrogen and oxygen atoms in total. The Kier molecular flexibility index (Phi) is 4.62. The summed E-state index contributed by atoms with van der Waals surface area (Å²) in [6.45, 7) is 0. The van der Waals surface area contributed by atoms with Crippen molar-refractivity contribution in [3.05, 3.63) is 95.1 Å². The Labute approximate surface area is 168 Å². The molecule has 8 heteroatoms. The standard InChI is InChI=1S/C22H12F3NO4/c23-22(24,25)14-11-9-13(10-12-14)15-5-1-4-8-18(15)21(29)30-26-19(27)16-6-2-3-7-17(16)20(26)28/h1-12H. The molecule has 1 aliphatic rings. The lowest BCUT2D eigenvalue weighted by atomic mass is 9.98. The summed E-state index contributed by atoms with van der Waals surface area (Å²) in [6, 6.07) is 16.4. The van der Waals surface area contributed by atoms with Crippen LogP contribution in [-0.4, -0.2) is 22.8 Å². The van der Waals surface area contributed by atoms with Crippen LogP contribution in [0, 0.1) is 0 Å². The number of carbonyl (C=O) groups excluding carboxylic acids is 3. The van der Waals surface area contributed by atoms with E-state index in [0.717, 1.165) is 12.1 Å². The topological polar surface area (TPSA) is 63.7 Å². The molecule has 3 aromatic rings. The number of alkyl halides is 3. The molecule has 1 aliphatic heterocycles. The molecule has 0 spiro atoms. The molecule has 0 atom stereocenters. The van der Waals surface area contributed by atoms with E-state index in [1.165, 1.54) is 42.5 Å². The van der Waals surface area contributed by atoms with Crippen LogP contribution in [0.3, 0.4) is 0 Å². The van der Waals surface area contributed by atoms with Crippen LogP contribution in [0.25, 0.3) is 11.1 Å². The molecule has 0 N–H and O–H groups in total. The van der Waals surface area contributed by atoms with Gasteiger partial charge in [-0.05, 0) is 41.5 Å². The van der Waals surface area contributed by atoms with Crippen molar-refractivity contribution in [2.45, 2.75) is 6.18 Å². The molecule has 0 aromatic heterocycles. The zero-order valence-electron chi connectivity index (χ0n) is 15.1. The lowest BCUT2D eigenvalue weighted by molar-refractivity contribution is -0.137. The molecule has 0 aliphatic carbocycles. The summed E-state index contributed by atoms with van der Waals surface area (Å²) in [7, 11) is 0. The summed E-state index contributed by atoms with van der Waals surface area (Å²) in [5.74, 6) is -2.52. The van der Waals surface area contributed by atoms with E-state index in [2.05, 4.69) is 0 Å². The van der Waals surface area contributed by atoms with Gasteiger partial charge in [-0.2, -0.15) is 13.2 Å². The van der Waals surface area contributed by atoms with Gasteiger partial charge in [-0.15, -0.1) is 0 Å². The molecular formula is C22H12F3NO4. The Morgan fingerprint density at radius 3 is 1.77 bits per heavy atom. The number of rotatable bonds is 3. The average molecular weight is 411 g/mol. The number of imide groups is 1. The highest BCUT2D eigenvalue weighted by molar-refractivity contribution is 6.21. The molecule has 0 bridgehead atoms. The molecule has 1 heterocycles. The number of halogens is 3. The Balaban J connectivity index is 1.63. The van der Waals surface area contributed by atoms with Crippen LogP contribution in [-0.2, 0) is 11.0 Å². The Morgan fingerprint density at radius 2 is 1.23 bits per heavy atom. The van der Waals surface area contributed by atoms with Gasteiger partial charge in [0.15, 0.2) is 0 Å². The number of hydrogen-bond acceptors (Lipinski definition) is 4. The van der Waals surface area contributed by atoms with Crippen LogP contribution in [0.1, 0.15) is 36.6 Å². The fraction of sp³-hybridized carbons (Fsp3) is 0.0455. The molecule has 30 heavy (non-hydrogen) atoms. The van der Waals surface area contributed by atoms with Gasteiger partial charge in [0.1, 0.15) is 0 Å². The third-order valence-electron chi connectivity index (χ3n) is 4.60. The van der Waals surface area contributed by atoms with Crippen molar-refractivity contribution in [1.29, 1.82) is 0 Å². The predicted molar refractivity (Wildman–Crippen MR) is 99.2 cm³/mol. The number of nitrogens with zero attached hydrogens (tertiary/aromatic N) is 1. The highest BCUT2D eigenvalue weighted by Gasteiger charge is 2.39. The number of carbonyl (C=O) groups is 3. The van der Waals surface area contributed by atoms with Crippen LogP contribution < -0.4 is 0 Å². The number of fused-ring (bicyclic) bond motifs is 1. The molecule has 0 fully saturated rings. The second kappa shape index (κ2) is 7.14. The van der Waals surface area contributed by atoms with E-state index < -0.39 is 29.5 Å². The highest BCUT2D eigenvalue weighted by atomic mass is 19.4. The van der Waals surface area contributed by atoms with Crippen molar-refractivity contribution >= 4 is 17.8 Å². The Hall–Kier alpha value is -3.94. The van der Waals surface area contributed by atoms with Gasteiger partial charge in [-0.3, -0.25) is 9.59 Å². The van der Waals surface area contributed by atoms with E-state index in [1.807, 2.05) is 0 Å². The van der Waals surface area contributed by atoms with Crippen LogP contribution in [0.2, 0.25) is 0 Å².